The molecule has 6 rings (SSSR count). The zero-order chi connectivity index (χ0) is 26.4. The number of nitrogens with one attached hydrogen (secondary N) is 1. The number of piperidine rings is 1. The van der Waals surface area contributed by atoms with E-state index in [9.17, 15) is 4.79 Å². The van der Waals surface area contributed by atoms with Gasteiger partial charge in [0.2, 0.25) is 5.95 Å². The number of anilines is 3. The summed E-state index contributed by atoms with van der Waals surface area (Å²) >= 11 is 0. The maximum atomic E-state index is 12.2. The van der Waals surface area contributed by atoms with Gasteiger partial charge in [-0.25, -0.2) is 9.97 Å². The monoisotopic (exact) mass is 515 g/mol. The number of nitrogens with two attached hydrogens (primary N) is 1. The summed E-state index contributed by atoms with van der Waals surface area (Å²) in [4.78, 5) is 26.8. The summed E-state index contributed by atoms with van der Waals surface area (Å²) in [7, 11) is 3.66. The van der Waals surface area contributed by atoms with E-state index in [-0.39, 0.29) is 5.91 Å². The number of ether oxygens (including phenoxy) is 1. The maximum absolute atomic E-state index is 12.2. The molecule has 2 fully saturated rings. The van der Waals surface area contributed by atoms with E-state index in [2.05, 4.69) is 32.2 Å². The van der Waals surface area contributed by atoms with Gasteiger partial charge in [-0.15, -0.1) is 0 Å². The van der Waals surface area contributed by atoms with Crippen molar-refractivity contribution in [2.75, 3.05) is 43.5 Å². The van der Waals surface area contributed by atoms with Crippen LogP contribution in [-0.4, -0.2) is 64.7 Å². The Morgan fingerprint density at radius 3 is 2.61 bits per heavy atom. The molecule has 0 atom stereocenters. The first-order valence-corrected chi connectivity index (χ1v) is 13.7. The minimum atomic E-state index is -0.389. The van der Waals surface area contributed by atoms with Crippen molar-refractivity contribution in [1.29, 1.82) is 0 Å². The third-order valence-corrected chi connectivity index (χ3v) is 8.69. The molecule has 2 aromatic heterocycles. The fraction of sp³-hybridized carbons (Fsp3) is 0.483. The van der Waals surface area contributed by atoms with Crippen LogP contribution in [0, 0.1) is 6.92 Å². The van der Waals surface area contributed by atoms with Crippen LogP contribution in [0.15, 0.2) is 24.4 Å². The molecule has 3 aromatic rings. The number of amides is 1. The largest absolute Gasteiger partial charge is 0.494 e. The summed E-state index contributed by atoms with van der Waals surface area (Å²) in [6.07, 6.45) is 8.53. The number of hydrogen-bond donors (Lipinski definition) is 2. The summed E-state index contributed by atoms with van der Waals surface area (Å²) in [5.41, 5.74) is 13.0. The molecule has 2 saturated heterocycles. The number of carbonyl (C=O) groups is 1. The zero-order valence-electron chi connectivity index (χ0n) is 22.6. The van der Waals surface area contributed by atoms with Crippen molar-refractivity contribution < 1.29 is 9.53 Å². The fourth-order valence-corrected chi connectivity index (χ4v) is 6.56. The zero-order valence-corrected chi connectivity index (χ0v) is 22.6. The highest BCUT2D eigenvalue weighted by atomic mass is 16.5. The van der Waals surface area contributed by atoms with Gasteiger partial charge in [0.15, 0.2) is 0 Å². The number of methoxy groups -OCH3 is 1. The van der Waals surface area contributed by atoms with Crippen molar-refractivity contribution >= 4 is 23.2 Å². The molecule has 0 saturated carbocycles. The highest BCUT2D eigenvalue weighted by Gasteiger charge is 2.29. The topological polar surface area (TPSA) is 102 Å². The van der Waals surface area contributed by atoms with Crippen LogP contribution in [-0.2, 0) is 19.9 Å². The van der Waals surface area contributed by atoms with Gasteiger partial charge in [0.25, 0.3) is 5.91 Å². The lowest BCUT2D eigenvalue weighted by Crippen LogP contribution is -2.43. The average molecular weight is 516 g/mol. The first-order valence-electron chi connectivity index (χ1n) is 13.7. The highest BCUT2D eigenvalue weighted by Crippen LogP contribution is 2.38. The van der Waals surface area contributed by atoms with Crippen LogP contribution in [0.3, 0.4) is 0 Å². The number of aryl methyl sites for hydroxylation is 1. The van der Waals surface area contributed by atoms with E-state index in [4.69, 9.17) is 15.5 Å². The molecule has 4 heterocycles. The molecule has 3 aliphatic rings. The fourth-order valence-electron chi connectivity index (χ4n) is 6.56. The second kappa shape index (κ2) is 9.94. The van der Waals surface area contributed by atoms with Gasteiger partial charge < -0.3 is 30.2 Å². The lowest BCUT2D eigenvalue weighted by molar-refractivity contribution is 0.0999. The Morgan fingerprint density at radius 1 is 1.13 bits per heavy atom. The minimum absolute atomic E-state index is 0.389. The van der Waals surface area contributed by atoms with Crippen molar-refractivity contribution in [3.8, 4) is 17.1 Å². The van der Waals surface area contributed by atoms with Crippen LogP contribution in [0.2, 0.25) is 0 Å². The molecule has 3 N–H and O–H groups in total. The van der Waals surface area contributed by atoms with Crippen molar-refractivity contribution in [3.63, 3.8) is 0 Å². The van der Waals surface area contributed by atoms with Crippen molar-refractivity contribution in [3.05, 3.63) is 46.8 Å². The van der Waals surface area contributed by atoms with Crippen molar-refractivity contribution in [2.45, 2.75) is 51.5 Å². The van der Waals surface area contributed by atoms with Crippen LogP contribution in [0.5, 0.6) is 5.75 Å². The van der Waals surface area contributed by atoms with E-state index in [1.165, 1.54) is 44.5 Å². The SMILES string of the molecule is COc1cc(N2CCC(N3CCCC3)CC2)ccc1Nc1ncc2c(n1)-c1c(c(C(N)=O)c(C)n1C)CC2. The normalized spacial score (nSPS) is 17.8. The Kier molecular flexibility index (Phi) is 6.47. The predicted octanol–water partition coefficient (Wildman–Crippen LogP) is 3.80. The standard InChI is InChI=1S/C29H37N7O2/c1-18-25(28(30)37)22-8-6-19-17-31-29(33-26(19)27(22)34(18)2)32-23-9-7-21(16-24(23)38-3)36-14-10-20(11-15-36)35-12-4-5-13-35/h7,9,16-17,20H,4-6,8,10-15H2,1-3H3,(H2,30,37)(H,31,32,33). The Balaban J connectivity index is 1.22. The molecule has 200 valence electrons. The number of nitrogens with zero attached hydrogens (tertiary/aromatic N) is 5. The number of rotatable bonds is 6. The van der Waals surface area contributed by atoms with Gasteiger partial charge in [0.05, 0.1) is 29.7 Å². The quantitative estimate of drug-likeness (QED) is 0.515. The average Bonchev–Trinajstić information content (AvgIpc) is 3.56. The molecule has 0 bridgehead atoms. The van der Waals surface area contributed by atoms with E-state index in [0.29, 0.717) is 11.5 Å². The number of hydrogen-bond acceptors (Lipinski definition) is 7. The van der Waals surface area contributed by atoms with Crippen molar-refractivity contribution in [1.82, 2.24) is 19.4 Å². The number of fused-ring (bicyclic) bond motifs is 3. The number of carbonyl (C=O) groups excluding carboxylic acids is 1. The van der Waals surface area contributed by atoms with E-state index in [1.54, 1.807) is 7.11 Å². The molecule has 38 heavy (non-hydrogen) atoms. The lowest BCUT2D eigenvalue weighted by Gasteiger charge is -2.38. The third kappa shape index (κ3) is 4.28. The van der Waals surface area contributed by atoms with Gasteiger partial charge in [-0.2, -0.15) is 0 Å². The molecule has 1 aromatic carbocycles. The van der Waals surface area contributed by atoms with Gasteiger partial charge >= 0.3 is 0 Å². The van der Waals surface area contributed by atoms with Crippen LogP contribution in [0.1, 0.15) is 52.9 Å². The summed E-state index contributed by atoms with van der Waals surface area (Å²) in [5, 5.41) is 3.37. The molecule has 2 aliphatic heterocycles. The third-order valence-electron chi connectivity index (χ3n) is 8.69. The van der Waals surface area contributed by atoms with Crippen LogP contribution < -0.4 is 20.7 Å². The number of aromatic nitrogens is 3. The lowest BCUT2D eigenvalue weighted by atomic mass is 9.92. The number of primary amides is 1. The maximum Gasteiger partial charge on any atom is 0.250 e. The first kappa shape index (κ1) is 24.7. The number of likely N-dealkylation sites (tertiary alicyclic amines) is 1. The van der Waals surface area contributed by atoms with E-state index in [1.807, 2.05) is 30.8 Å². The summed E-state index contributed by atoms with van der Waals surface area (Å²) in [6.45, 7) is 6.59. The Hall–Kier alpha value is -3.59. The molecule has 0 unspecified atom stereocenters. The summed E-state index contributed by atoms with van der Waals surface area (Å²) < 4.78 is 7.80. The molecular formula is C29H37N7O2. The van der Waals surface area contributed by atoms with Crippen molar-refractivity contribution in [2.24, 2.45) is 12.8 Å². The molecule has 1 aliphatic carbocycles. The first-order chi connectivity index (χ1) is 18.4. The molecule has 1 amide bonds. The minimum Gasteiger partial charge on any atom is -0.494 e. The highest BCUT2D eigenvalue weighted by molar-refractivity contribution is 5.98. The molecule has 0 spiro atoms. The molecular weight excluding hydrogens is 478 g/mol. The van der Waals surface area contributed by atoms with Gasteiger partial charge in [-0.1, -0.05) is 0 Å². The summed E-state index contributed by atoms with van der Waals surface area (Å²) in [5.74, 6) is 0.866. The second-order valence-electron chi connectivity index (χ2n) is 10.7. The predicted molar refractivity (Wildman–Crippen MR) is 149 cm³/mol. The van der Waals surface area contributed by atoms with Gasteiger partial charge in [0, 0.05) is 49.8 Å². The number of benzene rings is 1. The van der Waals surface area contributed by atoms with Crippen LogP contribution >= 0.6 is 0 Å². The molecule has 9 heteroatoms. The van der Waals surface area contributed by atoms with E-state index >= 15 is 0 Å². The Bertz CT molecular complexity index is 1370. The van der Waals surface area contributed by atoms with Crippen LogP contribution in [0.25, 0.3) is 11.4 Å². The van der Waals surface area contributed by atoms with E-state index in [0.717, 1.165) is 71.6 Å². The van der Waals surface area contributed by atoms with Crippen LogP contribution in [0.4, 0.5) is 17.3 Å². The van der Waals surface area contributed by atoms with E-state index < -0.39 is 0 Å². The van der Waals surface area contributed by atoms with Gasteiger partial charge in [-0.05, 0) is 81.8 Å². The molecule has 9 nitrogen and oxygen atoms in total. The molecule has 0 radical (unpaired) electrons. The smallest absolute Gasteiger partial charge is 0.250 e. The Morgan fingerprint density at radius 2 is 1.89 bits per heavy atom. The van der Waals surface area contributed by atoms with Gasteiger partial charge in [-0.3, -0.25) is 4.79 Å². The second-order valence-corrected chi connectivity index (χ2v) is 10.7. The summed E-state index contributed by atoms with van der Waals surface area (Å²) in [6, 6.07) is 7.03. The Labute approximate surface area is 224 Å². The van der Waals surface area contributed by atoms with Gasteiger partial charge in [0.1, 0.15) is 5.75 Å².